The van der Waals surface area contributed by atoms with E-state index in [0.717, 1.165) is 0 Å². The fraction of sp³-hybridized carbons (Fsp3) is 0.538. The molecule has 0 amide bonds. The Morgan fingerprint density at radius 1 is 1.35 bits per heavy atom. The van der Waals surface area contributed by atoms with Gasteiger partial charge in [0.2, 0.25) is 0 Å². The lowest BCUT2D eigenvalue weighted by molar-refractivity contribution is -0.118. The van der Waals surface area contributed by atoms with E-state index in [9.17, 15) is 8.78 Å². The maximum atomic E-state index is 14.1. The monoisotopic (exact) mass is 326 g/mol. The summed E-state index contributed by atoms with van der Waals surface area (Å²) < 4.78 is 28.1. The van der Waals surface area contributed by atoms with Gasteiger partial charge in [-0.2, -0.15) is 0 Å². The van der Waals surface area contributed by atoms with Gasteiger partial charge >= 0.3 is 0 Å². The summed E-state index contributed by atoms with van der Waals surface area (Å²) in [6.45, 7) is 1.20. The summed E-state index contributed by atoms with van der Waals surface area (Å²) in [6, 6.07) is 5.33. The molecule has 1 fully saturated rings. The lowest BCUT2D eigenvalue weighted by Crippen LogP contribution is -2.51. The summed E-state index contributed by atoms with van der Waals surface area (Å²) in [5.41, 5.74) is 0.438. The predicted octanol–water partition coefficient (Wildman–Crippen LogP) is 2.34. The average molecular weight is 327 g/mol. The van der Waals surface area contributed by atoms with Gasteiger partial charge in [0.25, 0.3) is 5.92 Å². The van der Waals surface area contributed by atoms with E-state index in [4.69, 9.17) is 16.7 Å². The number of nitrogens with zero attached hydrogens (tertiary/aromatic N) is 1. The van der Waals surface area contributed by atoms with E-state index in [0.29, 0.717) is 36.8 Å². The maximum absolute atomic E-state index is 14.1. The van der Waals surface area contributed by atoms with Gasteiger partial charge in [-0.05, 0) is 17.7 Å². The van der Waals surface area contributed by atoms with Crippen molar-refractivity contribution in [2.24, 2.45) is 0 Å². The summed E-state index contributed by atoms with van der Waals surface area (Å²) in [7, 11) is 0. The molecule has 1 aromatic carbocycles. The molecule has 114 valence electrons. The molecule has 1 aliphatic heterocycles. The van der Waals surface area contributed by atoms with Crippen molar-refractivity contribution in [3.05, 3.63) is 34.9 Å². The highest BCUT2D eigenvalue weighted by Gasteiger charge is 2.43. The molecule has 7 heteroatoms. The molecule has 1 atom stereocenters. The first-order valence-corrected chi connectivity index (χ1v) is 6.61. The maximum Gasteiger partial charge on any atom is 0.289 e. The van der Waals surface area contributed by atoms with Crippen LogP contribution in [-0.4, -0.2) is 48.7 Å². The Bertz CT molecular complexity index is 429. The summed E-state index contributed by atoms with van der Waals surface area (Å²) in [5, 5.41) is 12.5. The van der Waals surface area contributed by atoms with Crippen LogP contribution in [0.3, 0.4) is 0 Å². The predicted molar refractivity (Wildman–Crippen MR) is 77.9 cm³/mol. The molecule has 1 heterocycles. The van der Waals surface area contributed by atoms with Crippen molar-refractivity contribution >= 4 is 24.0 Å². The van der Waals surface area contributed by atoms with Crippen molar-refractivity contribution in [3.8, 4) is 0 Å². The van der Waals surface area contributed by atoms with Crippen LogP contribution in [0.2, 0.25) is 5.02 Å². The standard InChI is InChI=1S/C13H17ClF2N2O.ClH/c14-11-3-1-2-10(8-11)12(13(15,16)9-19)18-6-4-17-5-7-18;/h1-3,8,12,17,19H,4-7,9H2;1H/t12-;/m0./s1. The second-order valence-corrected chi connectivity index (χ2v) is 5.10. The van der Waals surface area contributed by atoms with Crippen LogP contribution in [0.15, 0.2) is 24.3 Å². The van der Waals surface area contributed by atoms with Gasteiger partial charge in [0.05, 0.1) is 0 Å². The van der Waals surface area contributed by atoms with Crippen molar-refractivity contribution < 1.29 is 13.9 Å². The summed E-state index contributed by atoms with van der Waals surface area (Å²) in [6.07, 6.45) is 0. The molecular formula is C13H18Cl2F2N2O. The highest BCUT2D eigenvalue weighted by Crippen LogP contribution is 2.37. The molecule has 0 saturated carbocycles. The topological polar surface area (TPSA) is 35.5 Å². The van der Waals surface area contributed by atoms with Crippen LogP contribution in [0.5, 0.6) is 0 Å². The number of halogens is 4. The number of aliphatic hydroxyl groups is 1. The molecule has 1 aromatic rings. The molecule has 0 aliphatic carbocycles. The molecule has 20 heavy (non-hydrogen) atoms. The Morgan fingerprint density at radius 3 is 2.55 bits per heavy atom. The molecule has 0 radical (unpaired) electrons. The van der Waals surface area contributed by atoms with Gasteiger partial charge < -0.3 is 10.4 Å². The Labute approximate surface area is 128 Å². The van der Waals surface area contributed by atoms with E-state index in [2.05, 4.69) is 5.32 Å². The van der Waals surface area contributed by atoms with Crippen molar-refractivity contribution in [1.29, 1.82) is 0 Å². The van der Waals surface area contributed by atoms with Gasteiger partial charge in [-0.3, -0.25) is 4.90 Å². The third-order valence-electron chi connectivity index (χ3n) is 3.29. The second kappa shape index (κ2) is 7.52. The highest BCUT2D eigenvalue weighted by molar-refractivity contribution is 6.30. The second-order valence-electron chi connectivity index (χ2n) is 4.66. The number of piperazine rings is 1. The molecule has 2 N–H and O–H groups in total. The number of alkyl halides is 2. The Balaban J connectivity index is 0.00000200. The molecule has 1 saturated heterocycles. The summed E-state index contributed by atoms with van der Waals surface area (Å²) in [4.78, 5) is 1.69. The van der Waals surface area contributed by atoms with Crippen molar-refractivity contribution in [1.82, 2.24) is 10.2 Å². The lowest BCUT2D eigenvalue weighted by atomic mass is 9.98. The van der Waals surface area contributed by atoms with Crippen LogP contribution < -0.4 is 5.32 Å². The largest absolute Gasteiger partial charge is 0.390 e. The number of nitrogens with one attached hydrogen (secondary N) is 1. The van der Waals surface area contributed by atoms with Crippen LogP contribution in [0.1, 0.15) is 11.6 Å². The zero-order valence-electron chi connectivity index (χ0n) is 10.9. The first kappa shape index (κ1) is 17.6. The van der Waals surface area contributed by atoms with Crippen LogP contribution in [0.25, 0.3) is 0 Å². The molecule has 0 bridgehead atoms. The minimum absolute atomic E-state index is 0. The van der Waals surface area contributed by atoms with Crippen molar-refractivity contribution in [3.63, 3.8) is 0 Å². The quantitative estimate of drug-likeness (QED) is 0.891. The molecule has 1 aliphatic rings. The molecule has 3 nitrogen and oxygen atoms in total. The normalized spacial score (nSPS) is 18.4. The fourth-order valence-electron chi connectivity index (χ4n) is 2.43. The van der Waals surface area contributed by atoms with Crippen LogP contribution in [-0.2, 0) is 0 Å². The minimum Gasteiger partial charge on any atom is -0.390 e. The van der Waals surface area contributed by atoms with Crippen LogP contribution in [0, 0.1) is 0 Å². The van der Waals surface area contributed by atoms with Gasteiger partial charge in [0, 0.05) is 31.2 Å². The summed E-state index contributed by atoms with van der Waals surface area (Å²) >= 11 is 5.88. The molecule has 0 aromatic heterocycles. The van der Waals surface area contributed by atoms with Gasteiger partial charge in [0.15, 0.2) is 0 Å². The number of hydrogen-bond donors (Lipinski definition) is 2. The first-order valence-electron chi connectivity index (χ1n) is 6.23. The average Bonchev–Trinajstić information content (AvgIpc) is 2.40. The van der Waals surface area contributed by atoms with Gasteiger partial charge in [-0.25, -0.2) is 8.78 Å². The van der Waals surface area contributed by atoms with Gasteiger partial charge in [-0.1, -0.05) is 23.7 Å². The number of hydrogen-bond acceptors (Lipinski definition) is 3. The highest BCUT2D eigenvalue weighted by atomic mass is 35.5. The third kappa shape index (κ3) is 4.02. The lowest BCUT2D eigenvalue weighted by Gasteiger charge is -2.38. The summed E-state index contributed by atoms with van der Waals surface area (Å²) in [5.74, 6) is -3.19. The Morgan fingerprint density at radius 2 is 2.00 bits per heavy atom. The van der Waals surface area contributed by atoms with Crippen LogP contribution in [0.4, 0.5) is 8.78 Å². The zero-order chi connectivity index (χ0) is 13.9. The van der Waals surface area contributed by atoms with Crippen molar-refractivity contribution in [2.75, 3.05) is 32.8 Å². The van der Waals surface area contributed by atoms with Gasteiger partial charge in [0.1, 0.15) is 12.6 Å². The SMILES string of the molecule is Cl.OCC(F)(F)[C@H](c1cccc(Cl)c1)N1CCNCC1. The third-order valence-corrected chi connectivity index (χ3v) is 3.53. The smallest absolute Gasteiger partial charge is 0.289 e. The Hall–Kier alpha value is -0.460. The number of benzene rings is 1. The van der Waals surface area contributed by atoms with E-state index in [1.807, 2.05) is 0 Å². The van der Waals surface area contributed by atoms with E-state index < -0.39 is 18.6 Å². The first-order chi connectivity index (χ1) is 9.04. The van der Waals surface area contributed by atoms with E-state index in [-0.39, 0.29) is 12.4 Å². The fourth-order valence-corrected chi connectivity index (χ4v) is 2.62. The van der Waals surface area contributed by atoms with Crippen molar-refractivity contribution in [2.45, 2.75) is 12.0 Å². The Kier molecular flexibility index (Phi) is 6.61. The zero-order valence-corrected chi connectivity index (χ0v) is 12.4. The molecule has 0 unspecified atom stereocenters. The van der Waals surface area contributed by atoms with E-state index in [1.165, 1.54) is 6.07 Å². The molecule has 2 rings (SSSR count). The van der Waals surface area contributed by atoms with Gasteiger partial charge in [-0.15, -0.1) is 12.4 Å². The van der Waals surface area contributed by atoms with Crippen LogP contribution >= 0.6 is 24.0 Å². The molecule has 0 spiro atoms. The minimum atomic E-state index is -3.19. The van der Waals surface area contributed by atoms with E-state index in [1.54, 1.807) is 23.1 Å². The number of aliphatic hydroxyl groups excluding tert-OH is 1. The molecular weight excluding hydrogens is 309 g/mol. The van der Waals surface area contributed by atoms with E-state index >= 15 is 0 Å². The number of rotatable bonds is 4.